The van der Waals surface area contributed by atoms with Crippen LogP contribution >= 0.6 is 11.8 Å². The number of imidazole rings is 1. The van der Waals surface area contributed by atoms with E-state index in [-0.39, 0.29) is 5.82 Å². The topological polar surface area (TPSA) is 54.7 Å². The summed E-state index contributed by atoms with van der Waals surface area (Å²) in [6.07, 6.45) is 3.43. The molecule has 1 heterocycles. The Hall–Kier alpha value is -1.49. The second-order valence-corrected chi connectivity index (χ2v) is 3.99. The van der Waals surface area contributed by atoms with Crippen molar-refractivity contribution in [1.29, 1.82) is 0 Å². The maximum Gasteiger partial charge on any atom is 0.165 e. The minimum atomic E-state index is -0.265. The molecule has 0 bridgehead atoms. The van der Waals surface area contributed by atoms with Crippen LogP contribution in [0.4, 0.5) is 10.1 Å². The van der Waals surface area contributed by atoms with E-state index in [1.54, 1.807) is 18.5 Å². The average molecular weight is 223 g/mol. The van der Waals surface area contributed by atoms with E-state index < -0.39 is 0 Å². The number of aromatic amines is 1. The summed E-state index contributed by atoms with van der Waals surface area (Å²) in [5, 5.41) is 0.804. The fourth-order valence-corrected chi connectivity index (χ4v) is 2.00. The number of halogens is 1. The highest BCUT2D eigenvalue weighted by Gasteiger charge is 2.03. The summed E-state index contributed by atoms with van der Waals surface area (Å²) in [7, 11) is 0. The molecule has 78 valence electrons. The van der Waals surface area contributed by atoms with Crippen molar-refractivity contribution >= 4 is 17.4 Å². The van der Waals surface area contributed by atoms with Crippen LogP contribution in [0.25, 0.3) is 0 Å². The number of thioether (sulfide) groups is 1. The summed E-state index contributed by atoms with van der Waals surface area (Å²) >= 11 is 1.49. The zero-order valence-corrected chi connectivity index (χ0v) is 8.72. The van der Waals surface area contributed by atoms with Crippen molar-refractivity contribution in [3.63, 3.8) is 0 Å². The highest BCUT2D eigenvalue weighted by Crippen LogP contribution is 2.23. The number of hydrogen-bond donors (Lipinski definition) is 2. The van der Waals surface area contributed by atoms with Gasteiger partial charge in [-0.3, -0.25) is 0 Å². The van der Waals surface area contributed by atoms with Gasteiger partial charge in [-0.15, -0.1) is 0 Å². The number of benzene rings is 1. The Bertz CT molecular complexity index is 442. The molecule has 2 rings (SSSR count). The Kier molecular flexibility index (Phi) is 2.91. The van der Waals surface area contributed by atoms with Gasteiger partial charge < -0.3 is 10.7 Å². The van der Waals surface area contributed by atoms with Crippen LogP contribution in [-0.2, 0) is 5.75 Å². The molecule has 0 fully saturated rings. The third-order valence-corrected chi connectivity index (χ3v) is 2.89. The first-order valence-electron chi connectivity index (χ1n) is 4.42. The predicted octanol–water partition coefficient (Wildman–Crippen LogP) is 2.42. The summed E-state index contributed by atoms with van der Waals surface area (Å²) in [5.41, 5.74) is 7.11. The molecule has 0 unspecified atom stereocenters. The molecule has 0 atom stereocenters. The number of rotatable bonds is 3. The van der Waals surface area contributed by atoms with Gasteiger partial charge >= 0.3 is 0 Å². The third-order valence-electron chi connectivity index (χ3n) is 1.94. The lowest BCUT2D eigenvalue weighted by atomic mass is 10.2. The first-order chi connectivity index (χ1) is 7.25. The van der Waals surface area contributed by atoms with Crippen LogP contribution in [0.15, 0.2) is 35.7 Å². The molecule has 0 aliphatic rings. The van der Waals surface area contributed by atoms with Crippen LogP contribution < -0.4 is 5.73 Å². The van der Waals surface area contributed by atoms with Gasteiger partial charge in [-0.2, -0.15) is 0 Å². The standard InChI is InChI=1S/C10H10FN3S/c11-8-1-2-9(12)7(5-8)6-15-10-13-3-4-14-10/h1-5H,6,12H2,(H,13,14). The van der Waals surface area contributed by atoms with Gasteiger partial charge in [-0.05, 0) is 23.8 Å². The maximum atomic E-state index is 12.9. The number of aromatic nitrogens is 2. The number of nitrogens with zero attached hydrogens (tertiary/aromatic N) is 1. The molecule has 0 spiro atoms. The van der Waals surface area contributed by atoms with E-state index >= 15 is 0 Å². The van der Waals surface area contributed by atoms with Crippen molar-refractivity contribution in [1.82, 2.24) is 9.97 Å². The van der Waals surface area contributed by atoms with Crippen molar-refractivity contribution in [2.45, 2.75) is 10.9 Å². The van der Waals surface area contributed by atoms with Gasteiger partial charge in [-0.25, -0.2) is 9.37 Å². The molecule has 3 N–H and O–H groups in total. The molecule has 0 aliphatic carbocycles. The Morgan fingerprint density at radius 2 is 2.33 bits per heavy atom. The van der Waals surface area contributed by atoms with Gasteiger partial charge in [0.05, 0.1) is 0 Å². The molecule has 1 aromatic heterocycles. The van der Waals surface area contributed by atoms with Crippen molar-refractivity contribution in [3.05, 3.63) is 42.0 Å². The first kappa shape index (κ1) is 10.0. The zero-order chi connectivity index (χ0) is 10.7. The summed E-state index contributed by atoms with van der Waals surface area (Å²) in [6, 6.07) is 4.38. The Labute approximate surface area is 90.9 Å². The van der Waals surface area contributed by atoms with E-state index in [9.17, 15) is 4.39 Å². The number of nitrogen functional groups attached to an aromatic ring is 1. The van der Waals surface area contributed by atoms with Crippen LogP contribution in [0.5, 0.6) is 0 Å². The summed E-state index contributed by atoms with van der Waals surface area (Å²) in [4.78, 5) is 7.01. The molecule has 0 radical (unpaired) electrons. The predicted molar refractivity (Wildman–Crippen MR) is 59.0 cm³/mol. The van der Waals surface area contributed by atoms with Crippen LogP contribution in [0.2, 0.25) is 0 Å². The van der Waals surface area contributed by atoms with E-state index in [0.29, 0.717) is 11.4 Å². The molecule has 3 nitrogen and oxygen atoms in total. The monoisotopic (exact) mass is 223 g/mol. The number of anilines is 1. The minimum Gasteiger partial charge on any atom is -0.398 e. The third kappa shape index (κ3) is 2.50. The average Bonchev–Trinajstić information content (AvgIpc) is 2.72. The van der Waals surface area contributed by atoms with Gasteiger partial charge in [0.25, 0.3) is 0 Å². The number of hydrogen-bond acceptors (Lipinski definition) is 3. The second kappa shape index (κ2) is 4.35. The first-order valence-corrected chi connectivity index (χ1v) is 5.40. The molecule has 1 aromatic carbocycles. The van der Waals surface area contributed by atoms with E-state index in [1.807, 2.05) is 0 Å². The maximum absolute atomic E-state index is 12.9. The molecule has 0 saturated heterocycles. The van der Waals surface area contributed by atoms with E-state index in [0.717, 1.165) is 10.7 Å². The van der Waals surface area contributed by atoms with E-state index in [1.165, 1.54) is 23.9 Å². The van der Waals surface area contributed by atoms with E-state index in [4.69, 9.17) is 5.73 Å². The van der Waals surface area contributed by atoms with Gasteiger partial charge in [0.15, 0.2) is 5.16 Å². The van der Waals surface area contributed by atoms with Crippen molar-refractivity contribution in [3.8, 4) is 0 Å². The SMILES string of the molecule is Nc1ccc(F)cc1CSc1ncc[nH]1. The number of H-pyrrole nitrogens is 1. The largest absolute Gasteiger partial charge is 0.398 e. The smallest absolute Gasteiger partial charge is 0.165 e. The highest BCUT2D eigenvalue weighted by molar-refractivity contribution is 7.98. The van der Waals surface area contributed by atoms with Crippen LogP contribution in [0.1, 0.15) is 5.56 Å². The molecular formula is C10H10FN3S. The summed E-state index contributed by atoms with van der Waals surface area (Å²) < 4.78 is 12.9. The van der Waals surface area contributed by atoms with Crippen molar-refractivity contribution in [2.75, 3.05) is 5.73 Å². The molecule has 15 heavy (non-hydrogen) atoms. The second-order valence-electron chi connectivity index (χ2n) is 3.03. The number of nitrogens with two attached hydrogens (primary N) is 1. The zero-order valence-electron chi connectivity index (χ0n) is 7.90. The lowest BCUT2D eigenvalue weighted by Crippen LogP contribution is -1.93. The Balaban J connectivity index is 2.07. The quantitative estimate of drug-likeness (QED) is 0.620. The minimum absolute atomic E-state index is 0.265. The number of nitrogens with one attached hydrogen (secondary N) is 1. The fourth-order valence-electron chi connectivity index (χ4n) is 1.18. The summed E-state index contributed by atoms with van der Waals surface area (Å²) in [5.74, 6) is 0.344. The fraction of sp³-hybridized carbons (Fsp3) is 0.100. The normalized spacial score (nSPS) is 10.5. The highest BCUT2D eigenvalue weighted by atomic mass is 32.2. The van der Waals surface area contributed by atoms with Gasteiger partial charge in [0, 0.05) is 23.8 Å². The van der Waals surface area contributed by atoms with Crippen molar-refractivity contribution in [2.24, 2.45) is 0 Å². The summed E-state index contributed by atoms with van der Waals surface area (Å²) in [6.45, 7) is 0. The Morgan fingerprint density at radius 1 is 1.47 bits per heavy atom. The lowest BCUT2D eigenvalue weighted by Gasteiger charge is -2.03. The molecule has 0 amide bonds. The van der Waals surface area contributed by atoms with Crippen LogP contribution in [-0.4, -0.2) is 9.97 Å². The molecule has 2 aromatic rings. The van der Waals surface area contributed by atoms with Gasteiger partial charge in [-0.1, -0.05) is 11.8 Å². The van der Waals surface area contributed by atoms with Crippen molar-refractivity contribution < 1.29 is 4.39 Å². The Morgan fingerprint density at radius 3 is 3.07 bits per heavy atom. The van der Waals surface area contributed by atoms with Gasteiger partial charge in [0.1, 0.15) is 5.82 Å². The van der Waals surface area contributed by atoms with E-state index in [2.05, 4.69) is 9.97 Å². The van der Waals surface area contributed by atoms with Gasteiger partial charge in [0.2, 0.25) is 0 Å². The molecule has 0 aliphatic heterocycles. The van der Waals surface area contributed by atoms with Crippen LogP contribution in [0, 0.1) is 5.82 Å². The molecule has 5 heteroatoms. The van der Waals surface area contributed by atoms with Crippen LogP contribution in [0.3, 0.4) is 0 Å². The molecule has 0 saturated carbocycles. The lowest BCUT2D eigenvalue weighted by molar-refractivity contribution is 0.627. The molecular weight excluding hydrogens is 213 g/mol.